The summed E-state index contributed by atoms with van der Waals surface area (Å²) in [6, 6.07) is 7.99. The van der Waals surface area contributed by atoms with Gasteiger partial charge in [0.25, 0.3) is 0 Å². The van der Waals surface area contributed by atoms with Crippen LogP contribution in [-0.4, -0.2) is 11.9 Å². The molecule has 1 aromatic carbocycles. The van der Waals surface area contributed by atoms with Crippen LogP contribution in [0.1, 0.15) is 27.1 Å². The van der Waals surface area contributed by atoms with Gasteiger partial charge in [0.05, 0.1) is 4.88 Å². The van der Waals surface area contributed by atoms with Gasteiger partial charge < -0.3 is 4.74 Å². The summed E-state index contributed by atoms with van der Waals surface area (Å²) in [7, 11) is 0. The van der Waals surface area contributed by atoms with E-state index >= 15 is 0 Å². The van der Waals surface area contributed by atoms with Gasteiger partial charge in [-0.05, 0) is 60.5 Å². The maximum absolute atomic E-state index is 11.9. The van der Waals surface area contributed by atoms with E-state index in [1.807, 2.05) is 24.4 Å². The van der Waals surface area contributed by atoms with Crippen LogP contribution in [0, 0.1) is 20.8 Å². The molecular weight excluding hydrogens is 282 g/mol. The monoisotopic (exact) mass is 297 g/mol. The van der Waals surface area contributed by atoms with Crippen molar-refractivity contribution in [2.24, 2.45) is 4.99 Å². The van der Waals surface area contributed by atoms with Gasteiger partial charge >= 0.3 is 5.97 Å². The van der Waals surface area contributed by atoms with Crippen molar-refractivity contribution in [2.45, 2.75) is 20.8 Å². The van der Waals surface area contributed by atoms with E-state index in [0.717, 1.165) is 16.0 Å². The van der Waals surface area contributed by atoms with Gasteiger partial charge in [-0.3, -0.25) is 0 Å². The minimum absolute atomic E-state index is 0.352. The number of nitrogens with zero attached hydrogens (tertiary/aromatic N) is 1. The number of thiophene rings is 1. The van der Waals surface area contributed by atoms with E-state index in [-0.39, 0.29) is 0 Å². The zero-order valence-corrected chi connectivity index (χ0v) is 13.0. The highest BCUT2D eigenvalue weighted by atomic mass is 32.1. The summed E-state index contributed by atoms with van der Waals surface area (Å²) in [5.41, 5.74) is 4.91. The second-order valence-corrected chi connectivity index (χ2v) is 6.05. The Kier molecular flexibility index (Phi) is 3.47. The van der Waals surface area contributed by atoms with Crippen LogP contribution in [0.4, 0.5) is 0 Å². The average molecular weight is 297 g/mol. The molecule has 21 heavy (non-hydrogen) atoms. The topological polar surface area (TPSA) is 38.7 Å². The van der Waals surface area contributed by atoms with Gasteiger partial charge in [-0.15, -0.1) is 11.3 Å². The van der Waals surface area contributed by atoms with Gasteiger partial charge in [0, 0.05) is 0 Å². The van der Waals surface area contributed by atoms with Crippen molar-refractivity contribution in [1.29, 1.82) is 0 Å². The molecule has 0 saturated heterocycles. The van der Waals surface area contributed by atoms with Gasteiger partial charge in [0.1, 0.15) is 0 Å². The molecule has 0 saturated carbocycles. The van der Waals surface area contributed by atoms with Crippen molar-refractivity contribution < 1.29 is 9.53 Å². The first-order valence-corrected chi connectivity index (χ1v) is 7.57. The number of aryl methyl sites for hydroxylation is 3. The first-order chi connectivity index (χ1) is 10.0. The lowest BCUT2D eigenvalue weighted by molar-refractivity contribution is -0.129. The predicted molar refractivity (Wildman–Crippen MR) is 85.6 cm³/mol. The van der Waals surface area contributed by atoms with Gasteiger partial charge in [0.15, 0.2) is 5.70 Å². The number of hydrogen-bond acceptors (Lipinski definition) is 4. The second-order valence-electron chi connectivity index (χ2n) is 5.11. The number of cyclic esters (lactones) is 1. The Hall–Kier alpha value is -2.20. The SMILES string of the molecule is Cc1cc(C)c(/C=C2\N=C(c3cccs3)OC2=O)cc1C. The smallest absolute Gasteiger partial charge is 0.363 e. The van der Waals surface area contributed by atoms with Crippen LogP contribution >= 0.6 is 11.3 Å². The fourth-order valence-corrected chi connectivity index (χ4v) is 2.85. The molecule has 0 radical (unpaired) electrons. The molecule has 0 aliphatic carbocycles. The number of esters is 1. The number of benzene rings is 1. The molecule has 1 aliphatic heterocycles. The van der Waals surface area contributed by atoms with Crippen LogP contribution in [0.5, 0.6) is 0 Å². The van der Waals surface area contributed by atoms with E-state index in [1.54, 1.807) is 6.08 Å². The van der Waals surface area contributed by atoms with E-state index in [2.05, 4.69) is 31.0 Å². The van der Waals surface area contributed by atoms with E-state index in [1.165, 1.54) is 22.5 Å². The normalized spacial score (nSPS) is 16.2. The molecule has 3 rings (SSSR count). The average Bonchev–Trinajstić information content (AvgIpc) is 3.06. The highest BCUT2D eigenvalue weighted by molar-refractivity contribution is 7.12. The molecule has 0 unspecified atom stereocenters. The number of carbonyl (C=O) groups is 1. The van der Waals surface area contributed by atoms with Crippen molar-refractivity contribution in [3.05, 3.63) is 62.5 Å². The summed E-state index contributed by atoms with van der Waals surface area (Å²) in [4.78, 5) is 17.1. The van der Waals surface area contributed by atoms with Gasteiger partial charge in [-0.2, -0.15) is 0 Å². The Morgan fingerprint density at radius 2 is 1.90 bits per heavy atom. The molecule has 1 aliphatic rings. The van der Waals surface area contributed by atoms with Gasteiger partial charge in [0.2, 0.25) is 5.90 Å². The Labute approximate surface area is 127 Å². The molecule has 1 aromatic heterocycles. The molecular formula is C17H15NO2S. The maximum Gasteiger partial charge on any atom is 0.363 e. The zero-order chi connectivity index (χ0) is 15.0. The second kappa shape index (κ2) is 5.30. The number of ether oxygens (including phenoxy) is 1. The summed E-state index contributed by atoms with van der Waals surface area (Å²) in [6.07, 6.45) is 1.80. The van der Waals surface area contributed by atoms with Crippen LogP contribution in [-0.2, 0) is 9.53 Å². The standard InChI is InChI=1S/C17H15NO2S/c1-10-7-12(3)13(8-11(10)2)9-14-17(19)20-16(18-14)15-5-4-6-21-15/h4-9H,1-3H3/b14-9-. The van der Waals surface area contributed by atoms with E-state index in [4.69, 9.17) is 4.74 Å². The van der Waals surface area contributed by atoms with Gasteiger partial charge in [-0.1, -0.05) is 18.2 Å². The molecule has 0 fully saturated rings. The van der Waals surface area contributed by atoms with Gasteiger partial charge in [-0.25, -0.2) is 9.79 Å². The van der Waals surface area contributed by atoms with E-state index in [9.17, 15) is 4.79 Å². The number of carbonyl (C=O) groups excluding carboxylic acids is 1. The number of aliphatic imine (C=N–C) groups is 1. The summed E-state index contributed by atoms with van der Waals surface area (Å²) in [5, 5.41) is 1.93. The number of hydrogen-bond donors (Lipinski definition) is 0. The highest BCUT2D eigenvalue weighted by Gasteiger charge is 2.24. The minimum atomic E-state index is -0.393. The summed E-state index contributed by atoms with van der Waals surface area (Å²) < 4.78 is 5.24. The fourth-order valence-electron chi connectivity index (χ4n) is 2.20. The third kappa shape index (κ3) is 2.67. The zero-order valence-electron chi connectivity index (χ0n) is 12.1. The molecule has 2 aromatic rings. The van der Waals surface area contributed by atoms with E-state index < -0.39 is 5.97 Å². The molecule has 2 heterocycles. The summed E-state index contributed by atoms with van der Waals surface area (Å²) >= 11 is 1.50. The lowest BCUT2D eigenvalue weighted by Crippen LogP contribution is -2.03. The molecule has 0 bridgehead atoms. The Morgan fingerprint density at radius 3 is 2.62 bits per heavy atom. The van der Waals surface area contributed by atoms with Crippen molar-refractivity contribution in [3.63, 3.8) is 0 Å². The highest BCUT2D eigenvalue weighted by Crippen LogP contribution is 2.23. The molecule has 3 nitrogen and oxygen atoms in total. The van der Waals surface area contributed by atoms with Crippen LogP contribution in [0.2, 0.25) is 0 Å². The van der Waals surface area contributed by atoms with Crippen molar-refractivity contribution in [1.82, 2.24) is 0 Å². The molecule has 0 amide bonds. The third-order valence-corrected chi connectivity index (χ3v) is 4.38. The molecule has 0 N–H and O–H groups in total. The van der Waals surface area contributed by atoms with Crippen LogP contribution in [0.3, 0.4) is 0 Å². The van der Waals surface area contributed by atoms with E-state index in [0.29, 0.717) is 11.6 Å². The predicted octanol–water partition coefficient (Wildman–Crippen LogP) is 4.02. The Bertz CT molecular complexity index is 770. The van der Waals surface area contributed by atoms with Crippen molar-refractivity contribution in [3.8, 4) is 0 Å². The first-order valence-electron chi connectivity index (χ1n) is 6.69. The molecule has 106 valence electrons. The Balaban J connectivity index is 2.00. The lowest BCUT2D eigenvalue weighted by Gasteiger charge is -2.06. The quantitative estimate of drug-likeness (QED) is 0.620. The van der Waals surface area contributed by atoms with Crippen molar-refractivity contribution >= 4 is 29.3 Å². The molecule has 0 atom stereocenters. The van der Waals surface area contributed by atoms with Crippen LogP contribution < -0.4 is 0 Å². The molecule has 0 spiro atoms. The minimum Gasteiger partial charge on any atom is -0.401 e. The Morgan fingerprint density at radius 1 is 1.14 bits per heavy atom. The largest absolute Gasteiger partial charge is 0.401 e. The lowest BCUT2D eigenvalue weighted by atomic mass is 10.0. The summed E-state index contributed by atoms with van der Waals surface area (Å²) in [5.74, 6) is -0.00114. The number of rotatable bonds is 2. The first kappa shape index (κ1) is 13.8. The van der Waals surface area contributed by atoms with Crippen LogP contribution in [0.25, 0.3) is 6.08 Å². The van der Waals surface area contributed by atoms with Crippen molar-refractivity contribution in [2.75, 3.05) is 0 Å². The summed E-state index contributed by atoms with van der Waals surface area (Å²) in [6.45, 7) is 6.17. The van der Waals surface area contributed by atoms with Crippen LogP contribution in [0.15, 0.2) is 40.3 Å². The molecule has 4 heteroatoms. The third-order valence-electron chi connectivity index (χ3n) is 3.53. The fraction of sp³-hybridized carbons (Fsp3) is 0.176. The maximum atomic E-state index is 11.9.